The summed E-state index contributed by atoms with van der Waals surface area (Å²) in [5.41, 5.74) is 0.775. The fourth-order valence-corrected chi connectivity index (χ4v) is 4.77. The molecule has 5 nitrogen and oxygen atoms in total. The third-order valence-electron chi connectivity index (χ3n) is 5.96. The highest BCUT2D eigenvalue weighted by atomic mass is 35.5. The number of hydrogen-bond acceptors (Lipinski definition) is 4. The Bertz CT molecular complexity index is 709. The van der Waals surface area contributed by atoms with Crippen LogP contribution in [0.4, 0.5) is 0 Å². The molecule has 0 aromatic heterocycles. The molecule has 4 N–H and O–H groups in total. The molecule has 1 aliphatic rings. The van der Waals surface area contributed by atoms with E-state index in [4.69, 9.17) is 28.3 Å². The zero-order valence-corrected chi connectivity index (χ0v) is 18.6. The van der Waals surface area contributed by atoms with E-state index in [-0.39, 0.29) is 18.3 Å². The summed E-state index contributed by atoms with van der Waals surface area (Å²) < 4.78 is 0. The van der Waals surface area contributed by atoms with Gasteiger partial charge in [0.2, 0.25) is 0 Å². The summed E-state index contributed by atoms with van der Waals surface area (Å²) in [6, 6.07) is 5.18. The highest BCUT2D eigenvalue weighted by Gasteiger charge is 2.40. The van der Waals surface area contributed by atoms with Crippen molar-refractivity contribution in [3.05, 3.63) is 39.9 Å². The van der Waals surface area contributed by atoms with Crippen molar-refractivity contribution in [3.8, 4) is 0 Å². The number of aliphatic hydroxyl groups excluding tert-OH is 3. The first-order valence-electron chi connectivity index (χ1n) is 10.7. The van der Waals surface area contributed by atoms with E-state index in [1.165, 1.54) is 0 Å². The number of carbonyl (C=O) groups is 1. The third-order valence-corrected chi connectivity index (χ3v) is 6.52. The van der Waals surface area contributed by atoms with Gasteiger partial charge in [0.1, 0.15) is 0 Å². The number of unbranched alkanes of at least 4 members (excludes halogenated alkanes) is 3. The number of aliphatic carboxylic acids is 1. The Morgan fingerprint density at radius 2 is 1.73 bits per heavy atom. The van der Waals surface area contributed by atoms with Crippen LogP contribution in [0.3, 0.4) is 0 Å². The van der Waals surface area contributed by atoms with Gasteiger partial charge in [-0.05, 0) is 61.6 Å². The summed E-state index contributed by atoms with van der Waals surface area (Å²) in [6.07, 6.45) is 7.55. The maximum atomic E-state index is 10.5. The first-order chi connectivity index (χ1) is 14.3. The number of benzene rings is 1. The molecule has 0 amide bonds. The van der Waals surface area contributed by atoms with Crippen molar-refractivity contribution in [2.24, 2.45) is 11.8 Å². The Hall–Kier alpha value is -1.11. The van der Waals surface area contributed by atoms with Crippen molar-refractivity contribution < 1.29 is 25.2 Å². The van der Waals surface area contributed by atoms with Gasteiger partial charge in [-0.1, -0.05) is 60.7 Å². The Balaban J connectivity index is 1.79. The monoisotopic (exact) mass is 458 g/mol. The topological polar surface area (TPSA) is 98.0 Å². The van der Waals surface area contributed by atoms with E-state index in [1.807, 2.05) is 0 Å². The van der Waals surface area contributed by atoms with Gasteiger partial charge in [-0.25, -0.2) is 0 Å². The molecule has 0 spiro atoms. The zero-order chi connectivity index (χ0) is 22.1. The molecule has 1 aromatic carbocycles. The SMILES string of the molecule is O=C(O)CCCCCC[C@@H]1[C@@H](CCC(O)C=Cc2ccc(Cl)cc2Cl)[C@H](O)C[C@@H]1O. The summed E-state index contributed by atoms with van der Waals surface area (Å²) in [6.45, 7) is 0. The van der Waals surface area contributed by atoms with Gasteiger partial charge in [-0.15, -0.1) is 0 Å². The number of hydrogen-bond donors (Lipinski definition) is 4. The predicted octanol–water partition coefficient (Wildman–Crippen LogP) is 4.93. The van der Waals surface area contributed by atoms with Crippen LogP contribution in [-0.2, 0) is 4.79 Å². The van der Waals surface area contributed by atoms with Crippen molar-refractivity contribution in [1.82, 2.24) is 0 Å². The van der Waals surface area contributed by atoms with Crippen LogP contribution in [0.15, 0.2) is 24.3 Å². The van der Waals surface area contributed by atoms with E-state index in [0.29, 0.717) is 35.7 Å². The van der Waals surface area contributed by atoms with Crippen LogP contribution in [-0.4, -0.2) is 44.7 Å². The molecule has 1 saturated carbocycles. The Labute approximate surface area is 188 Å². The molecule has 0 bridgehead atoms. The second-order valence-electron chi connectivity index (χ2n) is 8.21. The molecule has 1 fully saturated rings. The standard InChI is InChI=1S/C23H32Cl2O5/c24-16-9-7-15(20(25)13-16)8-10-17(26)11-12-19-18(21(27)14-22(19)28)5-3-1-2-4-6-23(29)30/h7-10,13,17-19,21-22,26-28H,1-6,11-12,14H2,(H,29,30)/t17?,18-,19-,21+,22-/m1/s1. The summed E-state index contributed by atoms with van der Waals surface area (Å²) >= 11 is 12.0. The molecule has 5 atom stereocenters. The summed E-state index contributed by atoms with van der Waals surface area (Å²) in [5.74, 6) is -0.794. The minimum absolute atomic E-state index is 0.0152. The number of carboxylic acid groups (broad SMARTS) is 1. The van der Waals surface area contributed by atoms with Gasteiger partial charge in [0.15, 0.2) is 0 Å². The van der Waals surface area contributed by atoms with E-state index in [2.05, 4.69) is 0 Å². The Morgan fingerprint density at radius 3 is 2.40 bits per heavy atom. The molecule has 0 aliphatic heterocycles. The second kappa shape index (κ2) is 12.7. The number of halogens is 2. The molecule has 1 aliphatic carbocycles. The lowest BCUT2D eigenvalue weighted by Crippen LogP contribution is -2.23. The minimum atomic E-state index is -0.768. The summed E-state index contributed by atoms with van der Waals surface area (Å²) in [7, 11) is 0. The van der Waals surface area contributed by atoms with Crippen molar-refractivity contribution in [2.75, 3.05) is 0 Å². The van der Waals surface area contributed by atoms with Crippen LogP contribution in [0.2, 0.25) is 10.0 Å². The fraction of sp³-hybridized carbons (Fsp3) is 0.609. The fourth-order valence-electron chi connectivity index (χ4n) is 4.30. The van der Waals surface area contributed by atoms with Crippen molar-refractivity contribution in [3.63, 3.8) is 0 Å². The smallest absolute Gasteiger partial charge is 0.303 e. The quantitative estimate of drug-likeness (QED) is 0.332. The lowest BCUT2D eigenvalue weighted by molar-refractivity contribution is -0.137. The molecular weight excluding hydrogens is 427 g/mol. The molecule has 30 heavy (non-hydrogen) atoms. The highest BCUT2D eigenvalue weighted by Crippen LogP contribution is 2.39. The molecule has 0 saturated heterocycles. The maximum absolute atomic E-state index is 10.5. The highest BCUT2D eigenvalue weighted by molar-refractivity contribution is 6.35. The van der Waals surface area contributed by atoms with Crippen LogP contribution >= 0.6 is 23.2 Å². The lowest BCUT2D eigenvalue weighted by atomic mass is 9.85. The molecule has 1 aromatic rings. The Morgan fingerprint density at radius 1 is 1.07 bits per heavy atom. The molecule has 0 heterocycles. The predicted molar refractivity (Wildman–Crippen MR) is 120 cm³/mol. The van der Waals surface area contributed by atoms with Crippen LogP contribution in [0.25, 0.3) is 6.08 Å². The van der Waals surface area contributed by atoms with Gasteiger partial charge >= 0.3 is 5.97 Å². The largest absolute Gasteiger partial charge is 0.481 e. The van der Waals surface area contributed by atoms with Crippen LogP contribution < -0.4 is 0 Å². The first-order valence-corrected chi connectivity index (χ1v) is 11.4. The van der Waals surface area contributed by atoms with Gasteiger partial charge in [-0.2, -0.15) is 0 Å². The molecular formula is C23H32Cl2O5. The number of rotatable bonds is 12. The molecule has 2 rings (SSSR count). The van der Waals surface area contributed by atoms with Crippen molar-refractivity contribution >= 4 is 35.2 Å². The maximum Gasteiger partial charge on any atom is 0.303 e. The van der Waals surface area contributed by atoms with Gasteiger partial charge in [-0.3, -0.25) is 4.79 Å². The van der Waals surface area contributed by atoms with Crippen molar-refractivity contribution in [2.45, 2.75) is 76.1 Å². The Kier molecular flexibility index (Phi) is 10.6. The van der Waals surface area contributed by atoms with Gasteiger partial charge in [0.25, 0.3) is 0 Å². The van der Waals surface area contributed by atoms with E-state index < -0.39 is 24.3 Å². The number of carboxylic acids is 1. The van der Waals surface area contributed by atoms with Crippen LogP contribution in [0, 0.1) is 11.8 Å². The lowest BCUT2D eigenvalue weighted by Gasteiger charge is -2.24. The molecule has 168 valence electrons. The molecule has 0 radical (unpaired) electrons. The second-order valence-corrected chi connectivity index (χ2v) is 9.06. The average Bonchev–Trinajstić information content (AvgIpc) is 2.94. The molecule has 7 heteroatoms. The van der Waals surface area contributed by atoms with Crippen LogP contribution in [0.1, 0.15) is 63.4 Å². The summed E-state index contributed by atoms with van der Waals surface area (Å²) in [5, 5.41) is 40.8. The van der Waals surface area contributed by atoms with Gasteiger partial charge < -0.3 is 20.4 Å². The van der Waals surface area contributed by atoms with E-state index >= 15 is 0 Å². The van der Waals surface area contributed by atoms with Crippen LogP contribution in [0.5, 0.6) is 0 Å². The summed E-state index contributed by atoms with van der Waals surface area (Å²) in [4.78, 5) is 10.5. The minimum Gasteiger partial charge on any atom is -0.481 e. The van der Waals surface area contributed by atoms with Gasteiger partial charge in [0, 0.05) is 16.5 Å². The number of aliphatic hydroxyl groups is 3. The molecule has 1 unspecified atom stereocenters. The van der Waals surface area contributed by atoms with E-state index in [1.54, 1.807) is 30.4 Å². The normalized spacial score (nSPS) is 25.1. The first kappa shape index (κ1) is 25.2. The van der Waals surface area contributed by atoms with E-state index in [0.717, 1.165) is 31.2 Å². The van der Waals surface area contributed by atoms with Gasteiger partial charge in [0.05, 0.1) is 18.3 Å². The third kappa shape index (κ3) is 8.20. The zero-order valence-electron chi connectivity index (χ0n) is 17.1. The van der Waals surface area contributed by atoms with Crippen molar-refractivity contribution in [1.29, 1.82) is 0 Å². The average molecular weight is 459 g/mol. The van der Waals surface area contributed by atoms with E-state index in [9.17, 15) is 20.1 Å².